The first-order valence-corrected chi connectivity index (χ1v) is 9.75. The van der Waals surface area contributed by atoms with Gasteiger partial charge in [-0.3, -0.25) is 0 Å². The zero-order valence-electron chi connectivity index (χ0n) is 14.5. The summed E-state index contributed by atoms with van der Waals surface area (Å²) in [6, 6.07) is 12.8. The second-order valence-corrected chi connectivity index (χ2v) is 7.36. The number of fused-ring (bicyclic) bond motifs is 1. The van der Waals surface area contributed by atoms with Gasteiger partial charge in [0.2, 0.25) is 0 Å². The number of ether oxygens (including phenoxy) is 2. The quantitative estimate of drug-likeness (QED) is 0.660. The maximum Gasteiger partial charge on any atom is 0.127 e. The number of benzene rings is 2. The second-order valence-electron chi connectivity index (χ2n) is 7.36. The summed E-state index contributed by atoms with van der Waals surface area (Å²) in [6.45, 7) is 0. The highest BCUT2D eigenvalue weighted by molar-refractivity contribution is 5.93. The Balaban J connectivity index is 1.58. The Hall–Kier alpha value is -1.70. The molecule has 2 aromatic carbocycles. The normalized spacial score (nSPS) is 20.2. The van der Waals surface area contributed by atoms with Crippen molar-refractivity contribution in [2.75, 3.05) is 0 Å². The standard InChI is InChI=1S/C22H28O2/c1-3-9-17(10-4-1)23-21-15-7-14-20-19(21)13-8-16-22(20)24-18-11-5-2-6-12-18/h7-8,13-18H,1-6,9-12H2. The minimum absolute atomic E-state index is 0.382. The smallest absolute Gasteiger partial charge is 0.127 e. The van der Waals surface area contributed by atoms with Crippen LogP contribution >= 0.6 is 0 Å². The SMILES string of the molecule is c1cc(OC2CCCCC2)c2cccc(OC3CCCCC3)c2c1. The van der Waals surface area contributed by atoms with E-state index in [-0.39, 0.29) is 0 Å². The Morgan fingerprint density at radius 2 is 0.958 bits per heavy atom. The van der Waals surface area contributed by atoms with E-state index in [0.717, 1.165) is 11.5 Å². The molecule has 2 heteroatoms. The monoisotopic (exact) mass is 324 g/mol. The van der Waals surface area contributed by atoms with Crippen LogP contribution in [-0.2, 0) is 0 Å². The van der Waals surface area contributed by atoms with Crippen molar-refractivity contribution in [2.24, 2.45) is 0 Å². The lowest BCUT2D eigenvalue weighted by molar-refractivity contribution is 0.155. The molecular formula is C22H28O2. The van der Waals surface area contributed by atoms with E-state index in [1.807, 2.05) is 0 Å². The molecule has 128 valence electrons. The van der Waals surface area contributed by atoms with Crippen LogP contribution in [0, 0.1) is 0 Å². The molecule has 24 heavy (non-hydrogen) atoms. The number of hydrogen-bond acceptors (Lipinski definition) is 2. The third-order valence-electron chi connectivity index (χ3n) is 5.53. The van der Waals surface area contributed by atoms with Gasteiger partial charge in [-0.15, -0.1) is 0 Å². The largest absolute Gasteiger partial charge is 0.490 e. The second kappa shape index (κ2) is 7.46. The average Bonchev–Trinajstić information content (AvgIpc) is 2.64. The fourth-order valence-corrected chi connectivity index (χ4v) is 4.18. The van der Waals surface area contributed by atoms with Gasteiger partial charge in [-0.05, 0) is 63.5 Å². The maximum absolute atomic E-state index is 6.36. The molecule has 0 aliphatic heterocycles. The van der Waals surface area contributed by atoms with E-state index in [4.69, 9.17) is 9.47 Å². The Kier molecular flexibility index (Phi) is 4.91. The third kappa shape index (κ3) is 3.53. The van der Waals surface area contributed by atoms with Crippen LogP contribution in [0.2, 0.25) is 0 Å². The van der Waals surface area contributed by atoms with Crippen LogP contribution in [-0.4, -0.2) is 12.2 Å². The summed E-state index contributed by atoms with van der Waals surface area (Å²) in [5.41, 5.74) is 0. The van der Waals surface area contributed by atoms with Crippen LogP contribution in [0.3, 0.4) is 0 Å². The zero-order valence-corrected chi connectivity index (χ0v) is 14.5. The summed E-state index contributed by atoms with van der Waals surface area (Å²) in [7, 11) is 0. The summed E-state index contributed by atoms with van der Waals surface area (Å²) in [5.74, 6) is 2.04. The van der Waals surface area contributed by atoms with E-state index in [2.05, 4.69) is 36.4 Å². The van der Waals surface area contributed by atoms with Crippen molar-refractivity contribution >= 4 is 10.8 Å². The van der Waals surface area contributed by atoms with Crippen LogP contribution in [0.25, 0.3) is 10.8 Å². The molecule has 0 N–H and O–H groups in total. The molecule has 2 nitrogen and oxygen atoms in total. The van der Waals surface area contributed by atoms with Crippen molar-refractivity contribution in [3.8, 4) is 11.5 Å². The molecule has 2 aliphatic carbocycles. The summed E-state index contributed by atoms with van der Waals surface area (Å²) in [4.78, 5) is 0. The van der Waals surface area contributed by atoms with Crippen LogP contribution in [0.4, 0.5) is 0 Å². The molecule has 4 rings (SSSR count). The molecule has 0 aromatic heterocycles. The molecule has 0 atom stereocenters. The van der Waals surface area contributed by atoms with Gasteiger partial charge >= 0.3 is 0 Å². The topological polar surface area (TPSA) is 18.5 Å². The minimum Gasteiger partial charge on any atom is -0.490 e. The van der Waals surface area contributed by atoms with E-state index >= 15 is 0 Å². The van der Waals surface area contributed by atoms with Gasteiger partial charge in [-0.1, -0.05) is 37.1 Å². The molecule has 0 heterocycles. The first kappa shape index (κ1) is 15.8. The molecule has 0 radical (unpaired) electrons. The molecule has 2 saturated carbocycles. The molecule has 0 amide bonds. The van der Waals surface area contributed by atoms with Gasteiger partial charge in [0.05, 0.1) is 12.2 Å². The predicted molar refractivity (Wildman–Crippen MR) is 99.0 cm³/mol. The van der Waals surface area contributed by atoms with E-state index in [1.54, 1.807) is 0 Å². The highest BCUT2D eigenvalue weighted by Gasteiger charge is 2.18. The zero-order chi connectivity index (χ0) is 16.2. The average molecular weight is 324 g/mol. The van der Waals surface area contributed by atoms with Crippen molar-refractivity contribution in [3.63, 3.8) is 0 Å². The highest BCUT2D eigenvalue weighted by Crippen LogP contribution is 2.35. The summed E-state index contributed by atoms with van der Waals surface area (Å²) in [6.07, 6.45) is 13.4. The van der Waals surface area contributed by atoms with Crippen molar-refractivity contribution in [1.29, 1.82) is 0 Å². The third-order valence-corrected chi connectivity index (χ3v) is 5.53. The molecule has 2 aliphatic rings. The highest BCUT2D eigenvalue weighted by atomic mass is 16.5. The molecule has 0 spiro atoms. The van der Waals surface area contributed by atoms with Crippen LogP contribution < -0.4 is 9.47 Å². The van der Waals surface area contributed by atoms with Crippen LogP contribution in [0.15, 0.2) is 36.4 Å². The van der Waals surface area contributed by atoms with E-state index < -0.39 is 0 Å². The Bertz CT molecular complexity index is 607. The summed E-state index contributed by atoms with van der Waals surface area (Å²) < 4.78 is 12.7. The molecule has 0 unspecified atom stereocenters. The Morgan fingerprint density at radius 1 is 0.542 bits per heavy atom. The maximum atomic E-state index is 6.36. The van der Waals surface area contributed by atoms with Crippen LogP contribution in [0.5, 0.6) is 11.5 Å². The van der Waals surface area contributed by atoms with Crippen molar-refractivity contribution < 1.29 is 9.47 Å². The van der Waals surface area contributed by atoms with Crippen molar-refractivity contribution in [1.82, 2.24) is 0 Å². The first-order valence-electron chi connectivity index (χ1n) is 9.75. The van der Waals surface area contributed by atoms with Crippen molar-refractivity contribution in [2.45, 2.75) is 76.4 Å². The van der Waals surface area contributed by atoms with Gasteiger partial charge in [-0.2, -0.15) is 0 Å². The van der Waals surface area contributed by atoms with Gasteiger partial charge in [-0.25, -0.2) is 0 Å². The van der Waals surface area contributed by atoms with E-state index in [0.29, 0.717) is 12.2 Å². The summed E-state index contributed by atoms with van der Waals surface area (Å²) in [5, 5.41) is 2.38. The number of hydrogen-bond donors (Lipinski definition) is 0. The van der Waals surface area contributed by atoms with E-state index in [1.165, 1.54) is 75.0 Å². The minimum atomic E-state index is 0.382. The van der Waals surface area contributed by atoms with Crippen molar-refractivity contribution in [3.05, 3.63) is 36.4 Å². The van der Waals surface area contributed by atoms with Gasteiger partial charge in [0, 0.05) is 10.8 Å². The molecular weight excluding hydrogens is 296 g/mol. The fraction of sp³-hybridized carbons (Fsp3) is 0.545. The molecule has 2 aromatic rings. The molecule has 2 fully saturated rings. The fourth-order valence-electron chi connectivity index (χ4n) is 4.18. The number of rotatable bonds is 4. The lowest BCUT2D eigenvalue weighted by Gasteiger charge is -2.25. The first-order chi connectivity index (χ1) is 11.9. The Morgan fingerprint density at radius 3 is 1.38 bits per heavy atom. The molecule has 0 saturated heterocycles. The van der Waals surface area contributed by atoms with Gasteiger partial charge in [0.15, 0.2) is 0 Å². The van der Waals surface area contributed by atoms with Gasteiger partial charge in [0.1, 0.15) is 11.5 Å². The van der Waals surface area contributed by atoms with E-state index in [9.17, 15) is 0 Å². The predicted octanol–water partition coefficient (Wildman–Crippen LogP) is 6.26. The van der Waals surface area contributed by atoms with Gasteiger partial charge < -0.3 is 9.47 Å². The van der Waals surface area contributed by atoms with Crippen LogP contribution in [0.1, 0.15) is 64.2 Å². The Labute approximate surface area is 145 Å². The lowest BCUT2D eigenvalue weighted by Crippen LogP contribution is -2.20. The lowest BCUT2D eigenvalue weighted by atomic mass is 9.97. The van der Waals surface area contributed by atoms with Gasteiger partial charge in [0.25, 0.3) is 0 Å². The summed E-state index contributed by atoms with van der Waals surface area (Å²) >= 11 is 0. The molecule has 0 bridgehead atoms.